The summed E-state index contributed by atoms with van der Waals surface area (Å²) in [6.07, 6.45) is 2.11. The maximum atomic E-state index is 12.1. The molecular formula is C16H18ClNO4S2. The van der Waals surface area contributed by atoms with Gasteiger partial charge < -0.3 is 4.90 Å². The van der Waals surface area contributed by atoms with E-state index in [1.54, 1.807) is 24.1 Å². The first-order valence-electron chi connectivity index (χ1n) is 6.98. The van der Waals surface area contributed by atoms with E-state index in [4.69, 9.17) is 11.6 Å². The zero-order valence-electron chi connectivity index (χ0n) is 13.5. The van der Waals surface area contributed by atoms with Crippen LogP contribution in [0.3, 0.4) is 0 Å². The zero-order valence-corrected chi connectivity index (χ0v) is 15.9. The largest absolute Gasteiger partial charge is 0.369 e. The van der Waals surface area contributed by atoms with Crippen molar-refractivity contribution < 1.29 is 16.8 Å². The van der Waals surface area contributed by atoms with E-state index in [1.165, 1.54) is 18.2 Å². The van der Waals surface area contributed by atoms with Crippen LogP contribution in [0.4, 0.5) is 5.69 Å². The Bertz CT molecular complexity index is 952. The molecule has 0 unspecified atom stereocenters. The van der Waals surface area contributed by atoms with Gasteiger partial charge in [0.2, 0.25) is 0 Å². The Morgan fingerprint density at radius 3 is 2.00 bits per heavy atom. The second-order valence-corrected chi connectivity index (χ2v) is 10.1. The van der Waals surface area contributed by atoms with Gasteiger partial charge in [-0.2, -0.15) is 0 Å². The Kier molecular flexibility index (Phi) is 5.27. The van der Waals surface area contributed by atoms with Crippen molar-refractivity contribution in [1.29, 1.82) is 0 Å². The monoisotopic (exact) mass is 387 g/mol. The zero-order chi connectivity index (χ0) is 18.1. The second kappa shape index (κ2) is 6.74. The first kappa shape index (κ1) is 18.8. The Morgan fingerprint density at radius 2 is 1.50 bits per heavy atom. The number of nitrogens with zero attached hydrogens (tertiary/aromatic N) is 1. The Morgan fingerprint density at radius 1 is 0.917 bits per heavy atom. The van der Waals surface area contributed by atoms with Crippen LogP contribution in [-0.2, 0) is 26.2 Å². The minimum absolute atomic E-state index is 0.0121. The molecule has 0 fully saturated rings. The molecule has 0 aliphatic rings. The molecule has 0 saturated carbocycles. The van der Waals surface area contributed by atoms with Crippen LogP contribution in [0.1, 0.15) is 5.56 Å². The van der Waals surface area contributed by atoms with Crippen LogP contribution >= 0.6 is 11.6 Å². The van der Waals surface area contributed by atoms with Gasteiger partial charge in [0.1, 0.15) is 0 Å². The third-order valence-electron chi connectivity index (χ3n) is 3.50. The minimum Gasteiger partial charge on any atom is -0.369 e. The van der Waals surface area contributed by atoms with Crippen molar-refractivity contribution in [2.75, 3.05) is 24.5 Å². The van der Waals surface area contributed by atoms with E-state index in [0.29, 0.717) is 17.3 Å². The minimum atomic E-state index is -3.59. The van der Waals surface area contributed by atoms with Crippen molar-refractivity contribution >= 4 is 37.0 Å². The van der Waals surface area contributed by atoms with E-state index in [9.17, 15) is 16.8 Å². The van der Waals surface area contributed by atoms with E-state index >= 15 is 0 Å². The van der Waals surface area contributed by atoms with Crippen LogP contribution in [0.2, 0.25) is 5.02 Å². The van der Waals surface area contributed by atoms with Crippen LogP contribution in [0.15, 0.2) is 52.3 Å². The lowest BCUT2D eigenvalue weighted by Gasteiger charge is -2.22. The maximum Gasteiger partial charge on any atom is 0.177 e. The summed E-state index contributed by atoms with van der Waals surface area (Å²) in [4.78, 5) is 1.72. The predicted octanol–water partition coefficient (Wildman–Crippen LogP) is 2.78. The summed E-state index contributed by atoms with van der Waals surface area (Å²) in [6.45, 7) is 0.456. The van der Waals surface area contributed by atoms with Gasteiger partial charge in [0, 0.05) is 31.1 Å². The van der Waals surface area contributed by atoms with Crippen LogP contribution < -0.4 is 4.90 Å². The smallest absolute Gasteiger partial charge is 0.177 e. The molecule has 0 saturated heterocycles. The fourth-order valence-corrected chi connectivity index (χ4v) is 4.08. The normalized spacial score (nSPS) is 12.2. The van der Waals surface area contributed by atoms with Crippen molar-refractivity contribution in [3.8, 4) is 0 Å². The predicted molar refractivity (Wildman–Crippen MR) is 96.2 cm³/mol. The van der Waals surface area contributed by atoms with Crippen LogP contribution in [-0.4, -0.2) is 36.4 Å². The van der Waals surface area contributed by atoms with E-state index in [-0.39, 0.29) is 9.79 Å². The SMILES string of the molecule is CN(Cc1ccc(Cl)cc1)c1ccc(S(C)(=O)=O)cc1S(C)(=O)=O. The number of sulfone groups is 2. The Hall–Kier alpha value is -1.57. The van der Waals surface area contributed by atoms with Gasteiger partial charge >= 0.3 is 0 Å². The van der Waals surface area contributed by atoms with Gasteiger partial charge in [-0.25, -0.2) is 16.8 Å². The average Bonchev–Trinajstić information content (AvgIpc) is 2.47. The number of halogens is 1. The molecular weight excluding hydrogens is 370 g/mol. The molecule has 2 aromatic rings. The third-order valence-corrected chi connectivity index (χ3v) is 5.99. The summed E-state index contributed by atoms with van der Waals surface area (Å²) in [5.41, 5.74) is 1.40. The number of hydrogen-bond donors (Lipinski definition) is 0. The number of hydrogen-bond acceptors (Lipinski definition) is 5. The summed E-state index contributed by atoms with van der Waals surface area (Å²) in [5.74, 6) is 0. The lowest BCUT2D eigenvalue weighted by Crippen LogP contribution is -2.19. The highest BCUT2D eigenvalue weighted by Gasteiger charge is 2.20. The molecule has 130 valence electrons. The molecule has 2 rings (SSSR count). The standard InChI is InChI=1S/C16H18ClNO4S2/c1-18(11-12-4-6-13(17)7-5-12)15-9-8-14(23(2,19)20)10-16(15)24(3,21)22/h4-10H,11H2,1-3H3. The summed E-state index contributed by atoms with van der Waals surface area (Å²) in [5, 5.41) is 0.621. The molecule has 0 aromatic heterocycles. The number of rotatable bonds is 5. The van der Waals surface area contributed by atoms with Gasteiger partial charge in [-0.05, 0) is 35.9 Å². The fourth-order valence-electron chi connectivity index (χ4n) is 2.29. The van der Waals surface area contributed by atoms with Gasteiger partial charge in [-0.1, -0.05) is 23.7 Å². The molecule has 24 heavy (non-hydrogen) atoms. The van der Waals surface area contributed by atoms with Crippen molar-refractivity contribution in [3.05, 3.63) is 53.1 Å². The summed E-state index contributed by atoms with van der Waals surface area (Å²) < 4.78 is 47.6. The van der Waals surface area contributed by atoms with Crippen LogP contribution in [0.5, 0.6) is 0 Å². The van der Waals surface area contributed by atoms with Crippen molar-refractivity contribution in [2.24, 2.45) is 0 Å². The van der Waals surface area contributed by atoms with Gasteiger partial charge in [-0.3, -0.25) is 0 Å². The molecule has 0 bridgehead atoms. The Labute approximate surface area is 147 Å². The van der Waals surface area contributed by atoms with Crippen LogP contribution in [0, 0.1) is 0 Å². The summed E-state index contributed by atoms with van der Waals surface area (Å²) in [7, 11) is -5.33. The quantitative estimate of drug-likeness (QED) is 0.788. The highest BCUT2D eigenvalue weighted by atomic mass is 35.5. The van der Waals surface area contributed by atoms with Crippen LogP contribution in [0.25, 0.3) is 0 Å². The van der Waals surface area contributed by atoms with Crippen molar-refractivity contribution in [3.63, 3.8) is 0 Å². The number of anilines is 1. The summed E-state index contributed by atoms with van der Waals surface area (Å²) in [6, 6.07) is 11.4. The van der Waals surface area contributed by atoms with E-state index in [2.05, 4.69) is 0 Å². The van der Waals surface area contributed by atoms with Gasteiger partial charge in [-0.15, -0.1) is 0 Å². The molecule has 0 spiro atoms. The molecule has 0 aliphatic heterocycles. The van der Waals surface area contributed by atoms with E-state index in [0.717, 1.165) is 18.1 Å². The van der Waals surface area contributed by atoms with Crippen molar-refractivity contribution in [2.45, 2.75) is 16.3 Å². The fraction of sp³-hybridized carbons (Fsp3) is 0.250. The van der Waals surface area contributed by atoms with Gasteiger partial charge in [0.05, 0.1) is 15.5 Å². The van der Waals surface area contributed by atoms with Gasteiger partial charge in [0.25, 0.3) is 0 Å². The number of benzene rings is 2. The molecule has 5 nitrogen and oxygen atoms in total. The molecule has 0 aliphatic carbocycles. The molecule has 0 amide bonds. The lowest BCUT2D eigenvalue weighted by molar-refractivity contribution is 0.600. The van der Waals surface area contributed by atoms with E-state index in [1.807, 2.05) is 12.1 Å². The maximum absolute atomic E-state index is 12.1. The molecule has 0 radical (unpaired) electrons. The lowest BCUT2D eigenvalue weighted by atomic mass is 10.2. The Balaban J connectivity index is 2.47. The molecule has 0 heterocycles. The first-order chi connectivity index (χ1) is 11.0. The van der Waals surface area contributed by atoms with Crippen molar-refractivity contribution in [1.82, 2.24) is 0 Å². The highest BCUT2D eigenvalue weighted by Crippen LogP contribution is 2.28. The molecule has 2 aromatic carbocycles. The highest BCUT2D eigenvalue weighted by molar-refractivity contribution is 7.91. The van der Waals surface area contributed by atoms with Gasteiger partial charge in [0.15, 0.2) is 19.7 Å². The summed E-state index contributed by atoms with van der Waals surface area (Å²) >= 11 is 5.86. The molecule has 0 atom stereocenters. The van der Waals surface area contributed by atoms with E-state index < -0.39 is 19.7 Å². The third kappa shape index (κ3) is 4.49. The molecule has 0 N–H and O–H groups in total. The second-order valence-electron chi connectivity index (χ2n) is 5.66. The molecule has 8 heteroatoms. The topological polar surface area (TPSA) is 71.5 Å². The first-order valence-corrected chi connectivity index (χ1v) is 11.1. The average molecular weight is 388 g/mol.